The van der Waals surface area contributed by atoms with E-state index in [0.717, 1.165) is 10.9 Å². The maximum Gasteiger partial charge on any atom is 0.345 e. The first-order chi connectivity index (χ1) is 12.2. The van der Waals surface area contributed by atoms with E-state index in [-0.39, 0.29) is 0 Å². The van der Waals surface area contributed by atoms with Gasteiger partial charge in [0.05, 0.1) is 29.4 Å². The van der Waals surface area contributed by atoms with E-state index in [0.29, 0.717) is 27.4 Å². The van der Waals surface area contributed by atoms with Gasteiger partial charge >= 0.3 is 5.63 Å². The van der Waals surface area contributed by atoms with Crippen LogP contribution >= 0.6 is 11.3 Å². The summed E-state index contributed by atoms with van der Waals surface area (Å²) in [5, 5.41) is 12.5. The van der Waals surface area contributed by atoms with Gasteiger partial charge in [-0.3, -0.25) is 0 Å². The summed E-state index contributed by atoms with van der Waals surface area (Å²) in [6.45, 7) is 0. The largest absolute Gasteiger partial charge is 0.472 e. The molecule has 0 saturated heterocycles. The van der Waals surface area contributed by atoms with E-state index in [1.54, 1.807) is 35.9 Å². The second-order valence-electron chi connectivity index (χ2n) is 5.25. The van der Waals surface area contributed by atoms with E-state index in [9.17, 15) is 10.1 Å². The first-order valence-corrected chi connectivity index (χ1v) is 8.26. The quantitative estimate of drug-likeness (QED) is 0.401. The molecule has 0 spiro atoms. The smallest absolute Gasteiger partial charge is 0.345 e. The molecule has 0 aliphatic rings. The van der Waals surface area contributed by atoms with Crippen LogP contribution in [0.25, 0.3) is 33.9 Å². The Bertz CT molecular complexity index is 1180. The zero-order valence-electron chi connectivity index (χ0n) is 12.8. The number of nitrogens with zero attached hydrogens (tertiary/aromatic N) is 2. The molecule has 3 aromatic heterocycles. The van der Waals surface area contributed by atoms with Crippen LogP contribution < -0.4 is 5.63 Å². The SMILES string of the molecule is N#C/C(=C\c1ccoc1)c1nc(-c2cc3ccccc3oc2=O)cs1. The summed E-state index contributed by atoms with van der Waals surface area (Å²) in [5.74, 6) is 0. The van der Waals surface area contributed by atoms with Crippen molar-refractivity contribution in [1.29, 1.82) is 5.26 Å². The van der Waals surface area contributed by atoms with Crippen LogP contribution in [0.3, 0.4) is 0 Å². The molecule has 0 bridgehead atoms. The summed E-state index contributed by atoms with van der Waals surface area (Å²) in [4.78, 5) is 16.7. The van der Waals surface area contributed by atoms with Crippen LogP contribution in [0.4, 0.5) is 0 Å². The van der Waals surface area contributed by atoms with Crippen LogP contribution in [0.2, 0.25) is 0 Å². The zero-order chi connectivity index (χ0) is 17.2. The maximum atomic E-state index is 12.2. The molecule has 0 atom stereocenters. The molecular weight excluding hydrogens is 336 g/mol. The predicted octanol–water partition coefficient (Wildman–Crippen LogP) is 4.57. The van der Waals surface area contributed by atoms with Gasteiger partial charge < -0.3 is 8.83 Å². The second kappa shape index (κ2) is 6.23. The van der Waals surface area contributed by atoms with Gasteiger partial charge in [0.15, 0.2) is 0 Å². The highest BCUT2D eigenvalue weighted by Crippen LogP contribution is 2.27. The van der Waals surface area contributed by atoms with Gasteiger partial charge in [0, 0.05) is 16.3 Å². The molecule has 120 valence electrons. The molecule has 4 aromatic rings. The number of benzene rings is 1. The van der Waals surface area contributed by atoms with Crippen molar-refractivity contribution in [2.45, 2.75) is 0 Å². The molecule has 0 saturated carbocycles. The third-order valence-corrected chi connectivity index (χ3v) is 4.50. The summed E-state index contributed by atoms with van der Waals surface area (Å²) in [6.07, 6.45) is 4.77. The number of rotatable bonds is 3. The lowest BCUT2D eigenvalue weighted by molar-refractivity contribution is 0.563. The minimum Gasteiger partial charge on any atom is -0.472 e. The van der Waals surface area contributed by atoms with Crippen LogP contribution in [0.15, 0.2) is 67.9 Å². The topological polar surface area (TPSA) is 80.0 Å². The molecule has 25 heavy (non-hydrogen) atoms. The van der Waals surface area contributed by atoms with Crippen molar-refractivity contribution < 1.29 is 8.83 Å². The van der Waals surface area contributed by atoms with Gasteiger partial charge in [0.2, 0.25) is 0 Å². The molecule has 0 N–H and O–H groups in total. The molecular formula is C19H10N2O3S. The average molecular weight is 346 g/mol. The lowest BCUT2D eigenvalue weighted by atomic mass is 10.1. The molecule has 0 aliphatic carbocycles. The Morgan fingerprint density at radius 3 is 2.96 bits per heavy atom. The fourth-order valence-corrected chi connectivity index (χ4v) is 3.21. The van der Waals surface area contributed by atoms with Crippen molar-refractivity contribution in [2.75, 3.05) is 0 Å². The average Bonchev–Trinajstić information content (AvgIpc) is 3.31. The van der Waals surface area contributed by atoms with Crippen molar-refractivity contribution >= 4 is 34.0 Å². The number of thiazole rings is 1. The number of allylic oxidation sites excluding steroid dienone is 1. The number of fused-ring (bicyclic) bond motifs is 1. The van der Waals surface area contributed by atoms with Gasteiger partial charge in [-0.25, -0.2) is 9.78 Å². The van der Waals surface area contributed by atoms with Crippen molar-refractivity contribution in [3.8, 4) is 17.3 Å². The van der Waals surface area contributed by atoms with Crippen LogP contribution in [0.5, 0.6) is 0 Å². The minimum absolute atomic E-state index is 0.377. The van der Waals surface area contributed by atoms with Gasteiger partial charge in [-0.05, 0) is 24.3 Å². The molecule has 0 fully saturated rings. The second-order valence-corrected chi connectivity index (χ2v) is 6.11. The van der Waals surface area contributed by atoms with E-state index in [4.69, 9.17) is 8.83 Å². The number of nitriles is 1. The Labute approximate surface area is 146 Å². The lowest BCUT2D eigenvalue weighted by Crippen LogP contribution is -2.02. The van der Waals surface area contributed by atoms with Gasteiger partial charge in [-0.1, -0.05) is 18.2 Å². The van der Waals surface area contributed by atoms with E-state index in [2.05, 4.69) is 11.1 Å². The van der Waals surface area contributed by atoms with Crippen LogP contribution in [0, 0.1) is 11.3 Å². The first kappa shape index (κ1) is 15.1. The standard InChI is InChI=1S/C19H10N2O3S/c20-9-14(7-12-5-6-23-10-12)18-21-16(11-25-18)15-8-13-3-1-2-4-17(13)24-19(15)22/h1-8,10-11H/b14-7+. The lowest BCUT2D eigenvalue weighted by Gasteiger charge is -1.99. The fraction of sp³-hybridized carbons (Fsp3) is 0. The van der Waals surface area contributed by atoms with E-state index < -0.39 is 5.63 Å². The van der Waals surface area contributed by atoms with E-state index in [1.807, 2.05) is 18.2 Å². The predicted molar refractivity (Wildman–Crippen MR) is 95.8 cm³/mol. The Balaban J connectivity index is 1.78. The molecule has 1 aromatic carbocycles. The Hall–Kier alpha value is -3.43. The van der Waals surface area contributed by atoms with E-state index in [1.165, 1.54) is 17.6 Å². The number of aromatic nitrogens is 1. The molecule has 0 aliphatic heterocycles. The summed E-state index contributed by atoms with van der Waals surface area (Å²) in [6, 6.07) is 12.9. The Morgan fingerprint density at radius 1 is 1.28 bits per heavy atom. The summed E-state index contributed by atoms with van der Waals surface area (Å²) < 4.78 is 10.3. The molecule has 0 amide bonds. The monoisotopic (exact) mass is 346 g/mol. The van der Waals surface area contributed by atoms with Crippen LogP contribution in [-0.2, 0) is 0 Å². The zero-order valence-corrected chi connectivity index (χ0v) is 13.6. The number of hydrogen-bond acceptors (Lipinski definition) is 6. The van der Waals surface area contributed by atoms with Crippen molar-refractivity contribution in [2.24, 2.45) is 0 Å². The summed E-state index contributed by atoms with van der Waals surface area (Å²) in [7, 11) is 0. The molecule has 3 heterocycles. The summed E-state index contributed by atoms with van der Waals surface area (Å²) >= 11 is 1.30. The van der Waals surface area contributed by atoms with Crippen LogP contribution in [-0.4, -0.2) is 4.98 Å². The molecule has 0 radical (unpaired) electrons. The number of para-hydroxylation sites is 1. The first-order valence-electron chi connectivity index (χ1n) is 7.38. The third-order valence-electron chi connectivity index (χ3n) is 3.63. The highest BCUT2D eigenvalue weighted by molar-refractivity contribution is 7.11. The van der Waals surface area contributed by atoms with E-state index >= 15 is 0 Å². The Morgan fingerprint density at radius 2 is 2.16 bits per heavy atom. The molecule has 6 heteroatoms. The normalized spacial score (nSPS) is 11.6. The van der Waals surface area contributed by atoms with Crippen molar-refractivity contribution in [3.05, 3.63) is 75.3 Å². The van der Waals surface area contributed by atoms with Gasteiger partial charge in [-0.15, -0.1) is 11.3 Å². The summed E-state index contributed by atoms with van der Waals surface area (Å²) in [5.41, 5.74) is 2.13. The molecule has 5 nitrogen and oxygen atoms in total. The number of furan rings is 1. The van der Waals surface area contributed by atoms with Gasteiger partial charge in [0.1, 0.15) is 16.7 Å². The van der Waals surface area contributed by atoms with Crippen molar-refractivity contribution in [3.63, 3.8) is 0 Å². The molecule has 4 rings (SSSR count). The molecule has 0 unspecified atom stereocenters. The Kier molecular flexibility index (Phi) is 3.77. The number of hydrogen-bond donors (Lipinski definition) is 0. The third kappa shape index (κ3) is 2.89. The highest BCUT2D eigenvalue weighted by Gasteiger charge is 2.13. The van der Waals surface area contributed by atoms with Gasteiger partial charge in [0.25, 0.3) is 0 Å². The van der Waals surface area contributed by atoms with Crippen LogP contribution in [0.1, 0.15) is 10.6 Å². The van der Waals surface area contributed by atoms with Crippen molar-refractivity contribution in [1.82, 2.24) is 4.98 Å². The minimum atomic E-state index is -0.451. The fourth-order valence-electron chi connectivity index (χ4n) is 2.43. The highest BCUT2D eigenvalue weighted by atomic mass is 32.1. The maximum absolute atomic E-state index is 12.2. The van der Waals surface area contributed by atoms with Gasteiger partial charge in [-0.2, -0.15) is 5.26 Å².